The molecule has 0 spiro atoms. The van der Waals surface area contributed by atoms with Crippen LogP contribution < -0.4 is 75.4 Å². The van der Waals surface area contributed by atoms with Crippen LogP contribution in [0.15, 0.2) is 0 Å². The van der Waals surface area contributed by atoms with Gasteiger partial charge >= 0.3 is 119 Å². The van der Waals surface area contributed by atoms with E-state index in [1.165, 1.54) is 0 Å². The summed E-state index contributed by atoms with van der Waals surface area (Å²) in [6.07, 6.45) is 0. The summed E-state index contributed by atoms with van der Waals surface area (Å²) in [6, 6.07) is 0. The Balaban J connectivity index is 0. The van der Waals surface area contributed by atoms with Gasteiger partial charge in [0.15, 0.2) is 0 Å². The van der Waals surface area contributed by atoms with Crippen molar-refractivity contribution in [1.29, 1.82) is 0 Å². The number of rotatable bonds is 0. The normalized spacial score (nSPS) is 0. The standard InChI is InChI=1S/4Li.6O.2Ti/q4*+1;6*-2;2*+4. The first kappa shape index (κ1) is 259. The van der Waals surface area contributed by atoms with Crippen molar-refractivity contribution in [2.75, 3.05) is 0 Å². The molecule has 0 rings (SSSR count). The molecule has 6 nitrogen and oxygen atoms in total. The largest absolute Gasteiger partial charge is 4.00 e. The maximum absolute atomic E-state index is 0. The molecule has 0 saturated carbocycles. The second kappa shape index (κ2) is 210. The summed E-state index contributed by atoms with van der Waals surface area (Å²) < 4.78 is 0. The Hall–Kier alpha value is 3.58. The fraction of sp³-hybridized carbons (Fsp3) is 0. The van der Waals surface area contributed by atoms with E-state index in [1.807, 2.05) is 0 Å². The van der Waals surface area contributed by atoms with E-state index < -0.39 is 0 Å². The minimum absolute atomic E-state index is 0. The molecule has 0 radical (unpaired) electrons. The molecule has 0 aliphatic rings. The van der Waals surface area contributed by atoms with Gasteiger partial charge in [-0.25, -0.2) is 0 Å². The summed E-state index contributed by atoms with van der Waals surface area (Å²) in [5, 5.41) is 0. The van der Waals surface area contributed by atoms with Crippen LogP contribution in [0.2, 0.25) is 0 Å². The molecule has 0 aliphatic heterocycles. The Morgan fingerprint density at radius 1 is 0.250 bits per heavy atom. The predicted molar refractivity (Wildman–Crippen MR) is 4.12 cm³/mol. The minimum atomic E-state index is 0. The van der Waals surface area contributed by atoms with E-state index in [9.17, 15) is 0 Å². The molecule has 0 aromatic rings. The van der Waals surface area contributed by atoms with Gasteiger partial charge in [-0.15, -0.1) is 0 Å². The quantitative estimate of drug-likeness (QED) is 0.352. The van der Waals surface area contributed by atoms with Crippen LogP contribution in [0.5, 0.6) is 0 Å². The Labute approximate surface area is 149 Å². The van der Waals surface area contributed by atoms with Crippen molar-refractivity contribution in [1.82, 2.24) is 0 Å². The SMILES string of the molecule is [Li+].[Li+].[Li+].[Li+].[O-2].[O-2].[O-2].[O-2].[O-2].[O-2].[Ti+4].[Ti+4]. The maximum atomic E-state index is 0. The second-order valence-electron chi connectivity index (χ2n) is 0. The molecule has 48 valence electrons. The van der Waals surface area contributed by atoms with Gasteiger partial charge in [-0.05, 0) is 0 Å². The van der Waals surface area contributed by atoms with Gasteiger partial charge in [0.1, 0.15) is 0 Å². The molecule has 0 unspecified atom stereocenters. The van der Waals surface area contributed by atoms with E-state index in [-0.39, 0.29) is 152 Å². The van der Waals surface area contributed by atoms with Crippen molar-refractivity contribution < 1.29 is 152 Å². The predicted octanol–water partition coefficient (Wildman–Crippen LogP) is -12.7. The molecule has 0 saturated heterocycles. The van der Waals surface area contributed by atoms with Crippen molar-refractivity contribution in [2.24, 2.45) is 0 Å². The Morgan fingerprint density at radius 2 is 0.250 bits per heavy atom. The van der Waals surface area contributed by atoms with Gasteiger partial charge in [-0.1, -0.05) is 0 Å². The first-order valence-corrected chi connectivity index (χ1v) is 0. The van der Waals surface area contributed by atoms with Gasteiger partial charge in [-0.3, -0.25) is 0 Å². The van der Waals surface area contributed by atoms with E-state index >= 15 is 0 Å². The Morgan fingerprint density at radius 3 is 0.250 bits per heavy atom. The van der Waals surface area contributed by atoms with Crippen LogP contribution in [0.3, 0.4) is 0 Å². The average Bonchev–Trinajstić information content (AvgIpc) is 0. The second-order valence-corrected chi connectivity index (χ2v) is 0. The molecule has 0 aromatic heterocycles. The molecular weight excluding hydrogens is 219 g/mol. The van der Waals surface area contributed by atoms with Gasteiger partial charge < -0.3 is 32.9 Å². The van der Waals surface area contributed by atoms with Gasteiger partial charge in [0.2, 0.25) is 0 Å². The fourth-order valence-electron chi connectivity index (χ4n) is 0. The number of hydrogen-bond donors (Lipinski definition) is 0. The molecule has 12 heavy (non-hydrogen) atoms. The van der Waals surface area contributed by atoms with Crippen LogP contribution in [0.4, 0.5) is 0 Å². The molecule has 0 aromatic carbocycles. The van der Waals surface area contributed by atoms with Crippen LogP contribution in [0, 0.1) is 0 Å². The average molecular weight is 219 g/mol. The van der Waals surface area contributed by atoms with E-state index in [1.54, 1.807) is 0 Å². The minimum Gasteiger partial charge on any atom is -2.00 e. The maximum Gasteiger partial charge on any atom is 4.00 e. The van der Waals surface area contributed by atoms with Crippen LogP contribution in [-0.4, -0.2) is 0 Å². The van der Waals surface area contributed by atoms with Gasteiger partial charge in [-0.2, -0.15) is 0 Å². The zero-order valence-electron chi connectivity index (χ0n) is 7.45. The van der Waals surface area contributed by atoms with Gasteiger partial charge in [0.25, 0.3) is 0 Å². The summed E-state index contributed by atoms with van der Waals surface area (Å²) in [5.41, 5.74) is 0. The third-order valence-electron chi connectivity index (χ3n) is 0. The smallest absolute Gasteiger partial charge is 2.00 e. The molecule has 0 atom stereocenters. The van der Waals surface area contributed by atoms with Crippen LogP contribution in [0.25, 0.3) is 0 Å². The van der Waals surface area contributed by atoms with Gasteiger partial charge in [0, 0.05) is 0 Å². The van der Waals surface area contributed by atoms with Gasteiger partial charge in [0.05, 0.1) is 0 Å². The van der Waals surface area contributed by atoms with Crippen LogP contribution in [-0.2, 0) is 76.3 Å². The molecule has 12 heteroatoms. The van der Waals surface area contributed by atoms with E-state index in [4.69, 9.17) is 0 Å². The fourth-order valence-corrected chi connectivity index (χ4v) is 0. The van der Waals surface area contributed by atoms with E-state index in [0.29, 0.717) is 0 Å². The zero-order valence-corrected chi connectivity index (χ0v) is 10.6. The van der Waals surface area contributed by atoms with Crippen molar-refractivity contribution in [2.45, 2.75) is 0 Å². The molecule has 0 fully saturated rings. The van der Waals surface area contributed by atoms with Crippen LogP contribution in [0.1, 0.15) is 0 Å². The number of hydrogen-bond acceptors (Lipinski definition) is 0. The van der Waals surface area contributed by atoms with Crippen molar-refractivity contribution in [3.63, 3.8) is 0 Å². The monoisotopic (exact) mass is 220 g/mol. The van der Waals surface area contributed by atoms with Crippen molar-refractivity contribution in [3.8, 4) is 0 Å². The topological polar surface area (TPSA) is 171 Å². The van der Waals surface area contributed by atoms with E-state index in [0.717, 1.165) is 0 Å². The molecule has 0 bridgehead atoms. The zero-order chi connectivity index (χ0) is 0. The summed E-state index contributed by atoms with van der Waals surface area (Å²) in [4.78, 5) is 0. The summed E-state index contributed by atoms with van der Waals surface area (Å²) >= 11 is 0. The molecular formula is Li4O6Ti2. The van der Waals surface area contributed by atoms with Crippen LogP contribution >= 0.6 is 0 Å². The summed E-state index contributed by atoms with van der Waals surface area (Å²) in [6.45, 7) is 0. The molecule has 0 heterocycles. The Bertz CT molecular complexity index is 17.5. The van der Waals surface area contributed by atoms with Crippen molar-refractivity contribution in [3.05, 3.63) is 0 Å². The van der Waals surface area contributed by atoms with Crippen molar-refractivity contribution >= 4 is 0 Å². The molecule has 0 aliphatic carbocycles. The molecule has 0 N–H and O–H groups in total. The first-order valence-electron chi connectivity index (χ1n) is 0. The molecule has 0 amide bonds. The van der Waals surface area contributed by atoms with E-state index in [2.05, 4.69) is 0 Å². The third-order valence-corrected chi connectivity index (χ3v) is 0. The third kappa shape index (κ3) is 168. The first-order chi connectivity index (χ1) is 0. The Kier molecular flexibility index (Phi) is 4520. The summed E-state index contributed by atoms with van der Waals surface area (Å²) in [5.74, 6) is 0. The summed E-state index contributed by atoms with van der Waals surface area (Å²) in [7, 11) is 0.